The lowest BCUT2D eigenvalue weighted by atomic mass is 10.3. The molecule has 2 aromatic rings. The first-order chi connectivity index (χ1) is 9.06. The molecule has 0 spiro atoms. The normalized spacial score (nSPS) is 10.1. The quantitative estimate of drug-likeness (QED) is 0.646. The van der Waals surface area contributed by atoms with Crippen LogP contribution in [0.2, 0.25) is 5.02 Å². The summed E-state index contributed by atoms with van der Waals surface area (Å²) in [6.45, 7) is 0. The van der Waals surface area contributed by atoms with Crippen LogP contribution < -0.4 is 9.80 Å². The van der Waals surface area contributed by atoms with Crippen molar-refractivity contribution in [1.29, 1.82) is 0 Å². The maximum Gasteiger partial charge on any atom is 0.444 e. The number of halogens is 2. The summed E-state index contributed by atoms with van der Waals surface area (Å²) in [5.74, 6) is 0.297. The van der Waals surface area contributed by atoms with Crippen LogP contribution in [0.15, 0.2) is 53.0 Å². The molecular weight excluding hydrogens is 334 g/mol. The van der Waals surface area contributed by atoms with Crippen LogP contribution in [-0.2, 0) is 0 Å². The van der Waals surface area contributed by atoms with Gasteiger partial charge in [0.15, 0.2) is 0 Å². The fourth-order valence-electron chi connectivity index (χ4n) is 1.33. The van der Waals surface area contributed by atoms with E-state index in [1.165, 1.54) is 12.1 Å². The van der Waals surface area contributed by atoms with Gasteiger partial charge in [-0.15, -0.1) is 0 Å². The summed E-state index contributed by atoms with van der Waals surface area (Å²) in [6, 6.07) is 12.8. The molecule has 4 nitrogen and oxygen atoms in total. The molecule has 0 fully saturated rings. The van der Waals surface area contributed by atoms with Gasteiger partial charge in [-0.2, -0.15) is 5.06 Å². The van der Waals surface area contributed by atoms with Gasteiger partial charge < -0.3 is 4.74 Å². The summed E-state index contributed by atoms with van der Waals surface area (Å²) < 4.78 is 5.83. The number of ether oxygens (including phenoxy) is 1. The van der Waals surface area contributed by atoms with E-state index < -0.39 is 6.09 Å². The standard InChI is InChI=1S/C13H9BrClNO3/c14-9-1-5-11(6-2-9)16(18)13(17)19-12-7-3-10(15)4-8-12/h1-8,18H. The summed E-state index contributed by atoms with van der Waals surface area (Å²) >= 11 is 8.98. The van der Waals surface area contributed by atoms with Crippen molar-refractivity contribution in [2.75, 3.05) is 5.06 Å². The van der Waals surface area contributed by atoms with Gasteiger partial charge in [0.05, 0.1) is 5.69 Å². The van der Waals surface area contributed by atoms with Crippen LogP contribution in [0.5, 0.6) is 5.75 Å². The molecular formula is C13H9BrClNO3. The van der Waals surface area contributed by atoms with Gasteiger partial charge in [-0.05, 0) is 48.5 Å². The lowest BCUT2D eigenvalue weighted by Gasteiger charge is -2.14. The Morgan fingerprint density at radius 3 is 2.26 bits per heavy atom. The monoisotopic (exact) mass is 341 g/mol. The molecule has 0 aliphatic heterocycles. The number of carbonyl (C=O) groups is 1. The molecule has 1 amide bonds. The molecule has 0 aliphatic carbocycles. The molecule has 6 heteroatoms. The van der Waals surface area contributed by atoms with Crippen molar-refractivity contribution in [2.45, 2.75) is 0 Å². The molecule has 0 aromatic heterocycles. The fraction of sp³-hybridized carbons (Fsp3) is 0. The number of anilines is 1. The SMILES string of the molecule is O=C(Oc1ccc(Cl)cc1)N(O)c1ccc(Br)cc1. The van der Waals surface area contributed by atoms with Crippen molar-refractivity contribution >= 4 is 39.3 Å². The molecule has 2 rings (SSSR count). The molecule has 0 saturated heterocycles. The van der Waals surface area contributed by atoms with Crippen molar-refractivity contribution < 1.29 is 14.7 Å². The Labute approximate surface area is 123 Å². The van der Waals surface area contributed by atoms with E-state index in [1.54, 1.807) is 36.4 Å². The zero-order valence-corrected chi connectivity index (χ0v) is 11.9. The second kappa shape index (κ2) is 6.06. The lowest BCUT2D eigenvalue weighted by Crippen LogP contribution is -2.30. The van der Waals surface area contributed by atoms with E-state index in [2.05, 4.69) is 15.9 Å². The average Bonchev–Trinajstić information content (AvgIpc) is 2.41. The summed E-state index contributed by atoms with van der Waals surface area (Å²) in [4.78, 5) is 11.7. The highest BCUT2D eigenvalue weighted by atomic mass is 79.9. The first-order valence-corrected chi connectivity index (χ1v) is 6.45. The molecule has 0 heterocycles. The molecule has 0 aliphatic rings. The highest BCUT2D eigenvalue weighted by Gasteiger charge is 2.15. The van der Waals surface area contributed by atoms with Gasteiger partial charge in [0.2, 0.25) is 0 Å². The molecule has 0 saturated carbocycles. The van der Waals surface area contributed by atoms with E-state index in [9.17, 15) is 10.0 Å². The summed E-state index contributed by atoms with van der Waals surface area (Å²) in [5, 5.41) is 10.7. The van der Waals surface area contributed by atoms with Crippen LogP contribution in [0.4, 0.5) is 10.5 Å². The minimum absolute atomic E-state index is 0.297. The molecule has 0 radical (unpaired) electrons. The van der Waals surface area contributed by atoms with Gasteiger partial charge in [-0.3, -0.25) is 5.21 Å². The van der Waals surface area contributed by atoms with Gasteiger partial charge in [0.25, 0.3) is 0 Å². The fourth-order valence-corrected chi connectivity index (χ4v) is 1.72. The Morgan fingerprint density at radius 2 is 1.68 bits per heavy atom. The Bertz CT molecular complexity index is 571. The highest BCUT2D eigenvalue weighted by molar-refractivity contribution is 9.10. The van der Waals surface area contributed by atoms with Crippen molar-refractivity contribution in [2.24, 2.45) is 0 Å². The van der Waals surface area contributed by atoms with Crippen molar-refractivity contribution in [3.05, 3.63) is 58.0 Å². The molecule has 2 aromatic carbocycles. The van der Waals surface area contributed by atoms with E-state index in [-0.39, 0.29) is 0 Å². The molecule has 0 atom stereocenters. The van der Waals surface area contributed by atoms with Crippen LogP contribution >= 0.6 is 27.5 Å². The van der Waals surface area contributed by atoms with Gasteiger partial charge in [0.1, 0.15) is 5.75 Å². The Kier molecular flexibility index (Phi) is 4.42. The zero-order valence-electron chi connectivity index (χ0n) is 9.59. The molecule has 0 bridgehead atoms. The molecule has 98 valence electrons. The lowest BCUT2D eigenvalue weighted by molar-refractivity contribution is 0.166. The van der Waals surface area contributed by atoms with Crippen LogP contribution in [0.1, 0.15) is 0 Å². The Balaban J connectivity index is 2.07. The number of nitrogens with zero attached hydrogens (tertiary/aromatic N) is 1. The van der Waals surface area contributed by atoms with Crippen LogP contribution in [-0.4, -0.2) is 11.3 Å². The van der Waals surface area contributed by atoms with E-state index in [0.717, 1.165) is 4.47 Å². The minimum atomic E-state index is -0.898. The summed E-state index contributed by atoms with van der Waals surface area (Å²) in [5.41, 5.74) is 0.308. The first-order valence-electron chi connectivity index (χ1n) is 5.28. The summed E-state index contributed by atoms with van der Waals surface area (Å²) in [7, 11) is 0. The number of amides is 1. The zero-order chi connectivity index (χ0) is 13.8. The van der Waals surface area contributed by atoms with Crippen LogP contribution in [0.3, 0.4) is 0 Å². The van der Waals surface area contributed by atoms with E-state index >= 15 is 0 Å². The summed E-state index contributed by atoms with van der Waals surface area (Å²) in [6.07, 6.45) is -0.898. The number of hydrogen-bond acceptors (Lipinski definition) is 3. The largest absolute Gasteiger partial charge is 0.444 e. The highest BCUT2D eigenvalue weighted by Crippen LogP contribution is 2.20. The number of hydroxylamine groups is 1. The third-order valence-electron chi connectivity index (χ3n) is 2.26. The predicted octanol–water partition coefficient (Wildman–Crippen LogP) is 4.50. The maximum atomic E-state index is 11.7. The number of carbonyl (C=O) groups excluding carboxylic acids is 1. The molecule has 1 N–H and O–H groups in total. The van der Waals surface area contributed by atoms with E-state index in [0.29, 0.717) is 21.5 Å². The van der Waals surface area contributed by atoms with Gasteiger partial charge in [-0.1, -0.05) is 27.5 Å². The van der Waals surface area contributed by atoms with Gasteiger partial charge >= 0.3 is 6.09 Å². The average molecular weight is 343 g/mol. The number of benzene rings is 2. The second-order valence-electron chi connectivity index (χ2n) is 3.61. The van der Waals surface area contributed by atoms with Gasteiger partial charge in [0, 0.05) is 9.50 Å². The number of rotatable bonds is 2. The first kappa shape index (κ1) is 13.9. The molecule has 19 heavy (non-hydrogen) atoms. The predicted molar refractivity (Wildman–Crippen MR) is 75.9 cm³/mol. The smallest absolute Gasteiger partial charge is 0.408 e. The third-order valence-corrected chi connectivity index (χ3v) is 3.04. The van der Waals surface area contributed by atoms with Crippen LogP contribution in [0.25, 0.3) is 0 Å². The maximum absolute atomic E-state index is 11.7. The van der Waals surface area contributed by atoms with Crippen LogP contribution in [0, 0.1) is 0 Å². The topological polar surface area (TPSA) is 49.8 Å². The number of hydrogen-bond donors (Lipinski definition) is 1. The van der Waals surface area contributed by atoms with Crippen molar-refractivity contribution in [1.82, 2.24) is 0 Å². The Morgan fingerprint density at radius 1 is 1.11 bits per heavy atom. The van der Waals surface area contributed by atoms with Crippen molar-refractivity contribution in [3.8, 4) is 5.75 Å². The van der Waals surface area contributed by atoms with Crippen molar-refractivity contribution in [3.63, 3.8) is 0 Å². The van der Waals surface area contributed by atoms with E-state index in [4.69, 9.17) is 16.3 Å². The third kappa shape index (κ3) is 3.70. The van der Waals surface area contributed by atoms with E-state index in [1.807, 2.05) is 0 Å². The minimum Gasteiger partial charge on any atom is -0.408 e. The Hall–Kier alpha value is -1.56. The molecule has 0 unspecified atom stereocenters. The second-order valence-corrected chi connectivity index (χ2v) is 4.96. The van der Waals surface area contributed by atoms with Gasteiger partial charge in [-0.25, -0.2) is 4.79 Å².